The molecular weight excluding hydrogens is 2480 g/mol. The van der Waals surface area contributed by atoms with Crippen molar-refractivity contribution in [3.05, 3.63) is 12.2 Å². The molecule has 0 saturated carbocycles. The average molecular weight is 2610 g/mol. The second-order valence-corrected chi connectivity index (χ2v) is 322. The van der Waals surface area contributed by atoms with Crippen molar-refractivity contribution in [1.82, 2.24) is 0 Å². The van der Waals surface area contributed by atoms with Crippen LogP contribution in [0.2, 0.25) is 45.3 Å². The van der Waals surface area contributed by atoms with E-state index in [1.54, 1.807) is 0 Å². The SMILES string of the molecule is C=C(C)C(=O)OCCC[Si](C)(C)O[Si](C)(C)O[Si](O[Si](O[Si](O[SiH2]O)([SiH2]O)[SiH2]O)([Si](O[SiH2]O)([SiH2]O)[SiH2]O)[Si](O[SiH2]O)([SiH2]O)[SiH2]O)([Si](O[Si](O[SiH2]O)([SiH2]O)[SiH2]O)([Si](O[SiH2]O)([SiH2]O)[SiH2]O)[Si](O[SiH2]O)([SiH2]O)[SiH2]O)[Si](O[Si](O[SiH2]O)([SiH2]O)[SiH2]O)([Si](O[SiH2]O)([SiH](C)O)[Si](C)([SiH3])OC)[Si](O[Si](O[SiH2]O)([SiH2]O)[SiH2]O)([Si](O[SiH2]O)([SiH2]O)[SiH2]O)[Si](O[SiH2]O)([SiH2]O)[SiH2]O. The predicted octanol–water partition coefficient (Wildman–Crippen LogP) is -51.5. The van der Waals surface area contributed by atoms with Crippen LogP contribution in [0.1, 0.15) is 13.3 Å². The van der Waals surface area contributed by atoms with Crippen LogP contribution in [0.5, 0.6) is 0 Å². The lowest BCUT2D eigenvalue weighted by molar-refractivity contribution is -0.139. The van der Waals surface area contributed by atoms with Crippen molar-refractivity contribution in [1.29, 1.82) is 0 Å². The Morgan fingerprint density at radius 1 is 0.336 bits per heavy atom. The first kappa shape index (κ1) is 127. The van der Waals surface area contributed by atoms with Crippen LogP contribution in [0, 0.1) is 0 Å². The number of carbonyl (C=O) groups excluding carboxylic acids is 1. The van der Waals surface area contributed by atoms with E-state index in [2.05, 4.69) is 6.58 Å². The summed E-state index contributed by atoms with van der Waals surface area (Å²) in [6, 6.07) is -0.216. The highest BCUT2D eigenvalue weighted by Crippen LogP contribution is 2.59. The van der Waals surface area contributed by atoms with Gasteiger partial charge in [-0.2, -0.15) is 0 Å². The number of carbonyl (C=O) groups is 1. The smallest absolute Gasteiger partial charge is 0.338 e. The van der Waals surface area contributed by atoms with Gasteiger partial charge in [-0.05, 0) is 58.7 Å². The van der Waals surface area contributed by atoms with E-state index < -0.39 is 465 Å². The van der Waals surface area contributed by atoms with E-state index in [4.69, 9.17) is 79.1 Å². The van der Waals surface area contributed by atoms with Crippen LogP contribution in [-0.4, -0.2) is 626 Å². The molecule has 0 aromatic carbocycles. The normalized spacial score (nSPS) is 24.9. The summed E-state index contributed by atoms with van der Waals surface area (Å²) in [5, 5.41) is 0. The minimum Gasteiger partial charge on any atom is -0.462 e. The summed E-state index contributed by atoms with van der Waals surface area (Å²) in [6.45, 7) is -58.1. The summed E-state index contributed by atoms with van der Waals surface area (Å²) in [4.78, 5) is 433. The molecule has 0 radical (unpaired) electrons. The maximum atomic E-state index is 15.3. The zero-order valence-corrected chi connectivity index (χ0v) is 134. The van der Waals surface area contributed by atoms with Crippen molar-refractivity contribution in [3.8, 4) is 0 Å². The molecule has 0 fully saturated rings. The van der Waals surface area contributed by atoms with Crippen LogP contribution in [0.25, 0.3) is 0 Å². The van der Waals surface area contributed by atoms with Gasteiger partial charge in [0.15, 0.2) is 136 Å². The lowest BCUT2D eigenvalue weighted by atomic mass is 10.4. The minimum absolute atomic E-state index is 0.0452. The summed E-state index contributed by atoms with van der Waals surface area (Å²) >= 11 is 0. The quantitative estimate of drug-likeness (QED) is 0.0116. The molecule has 0 aliphatic carbocycles. The van der Waals surface area contributed by atoms with Gasteiger partial charge < -0.3 is 237 Å². The molecular formula is C14H130O53Si52. The number of hydrogen-bond acceptors (Lipinski definition) is 53. The van der Waals surface area contributed by atoms with Crippen molar-refractivity contribution in [2.45, 2.75) is 58.7 Å². The van der Waals surface area contributed by atoms with Gasteiger partial charge in [-0.3, -0.25) is 0 Å². The van der Waals surface area contributed by atoms with Gasteiger partial charge in [0, 0.05) is 22.4 Å². The Bertz CT molecular complexity index is 2760. The number of esters is 1. The first-order valence-corrected chi connectivity index (χ1v) is 165. The lowest BCUT2D eigenvalue weighted by Gasteiger charge is -2.75. The monoisotopic (exact) mass is 2600 g/mol. The van der Waals surface area contributed by atoms with Crippen LogP contribution < -0.4 is 0 Å². The molecule has 0 spiro atoms. The second-order valence-electron chi connectivity index (χ2n) is 28.1. The molecule has 5 atom stereocenters. The minimum atomic E-state index is -8.73. The van der Waals surface area contributed by atoms with Crippen LogP contribution in [-0.2, 0) is 88.0 Å². The van der Waals surface area contributed by atoms with Gasteiger partial charge in [-0.25, -0.2) is 4.79 Å². The third-order valence-corrected chi connectivity index (χ3v) is 569. The maximum absolute atomic E-state index is 15.3. The third-order valence-electron chi connectivity index (χ3n) is 20.4. The van der Waals surface area contributed by atoms with E-state index in [-0.39, 0.29) is 18.0 Å². The Kier molecular flexibility index (Phi) is 62.0. The Morgan fingerprint density at radius 2 is 0.597 bits per heavy atom. The second kappa shape index (κ2) is 57.9. The Hall–Kier alpha value is 8.45. The lowest BCUT2D eigenvalue weighted by Crippen LogP contribution is -3.19. The van der Waals surface area contributed by atoms with Gasteiger partial charge in [0.2, 0.25) is 115 Å². The highest BCUT2D eigenvalue weighted by atomic mass is 30.5. The van der Waals surface area contributed by atoms with E-state index in [1.807, 2.05) is 0 Å². The Balaban J connectivity index is 16.7. The fourth-order valence-electron chi connectivity index (χ4n) is 14.8. The summed E-state index contributed by atoms with van der Waals surface area (Å²) in [5.41, 5.74) is -0.0452. The van der Waals surface area contributed by atoms with Gasteiger partial charge in [0.1, 0.15) is 0 Å². The topological polar surface area (TPSA) is 849 Å². The molecule has 0 saturated heterocycles. The molecule has 53 nitrogen and oxygen atoms in total. The molecule has 0 aliphatic heterocycles. The zero-order valence-electron chi connectivity index (χ0n) is 67.7. The van der Waals surface area contributed by atoms with Crippen molar-refractivity contribution >= 4 is 458 Å². The highest BCUT2D eigenvalue weighted by molar-refractivity contribution is 8.31. The van der Waals surface area contributed by atoms with Crippen molar-refractivity contribution in [2.24, 2.45) is 0 Å². The third kappa shape index (κ3) is 26.0. The summed E-state index contributed by atoms with van der Waals surface area (Å²) < 4.78 is 147. The van der Waals surface area contributed by atoms with Crippen molar-refractivity contribution in [3.63, 3.8) is 0 Å². The van der Waals surface area contributed by atoms with Gasteiger partial charge in [0.05, 0.1) is 6.61 Å². The van der Waals surface area contributed by atoms with Gasteiger partial charge in [-0.15, -0.1) is 0 Å². The van der Waals surface area contributed by atoms with Gasteiger partial charge in [0.25, 0.3) is 138 Å². The number of rotatable bonds is 74. The van der Waals surface area contributed by atoms with Crippen molar-refractivity contribution in [2.75, 3.05) is 13.7 Å². The van der Waals surface area contributed by atoms with Gasteiger partial charge >= 0.3 is 60.1 Å². The van der Waals surface area contributed by atoms with E-state index in [9.17, 15) is 158 Å². The molecule has 0 rings (SSSR count). The number of hydrogen-bond donors (Lipinski definition) is 32. The van der Waals surface area contributed by atoms with Crippen LogP contribution in [0.4, 0.5) is 0 Å². The Morgan fingerprint density at radius 3 is 0.849 bits per heavy atom. The molecule has 0 bridgehead atoms. The molecule has 0 aromatic rings. The molecule has 0 aromatic heterocycles. The molecule has 0 amide bonds. The summed E-state index contributed by atoms with van der Waals surface area (Å²) in [7, 11) is -180. The van der Waals surface area contributed by atoms with Crippen LogP contribution in [0.15, 0.2) is 12.2 Å². The molecule has 105 heteroatoms. The van der Waals surface area contributed by atoms with E-state index in [0.29, 0.717) is 0 Å². The maximum Gasteiger partial charge on any atom is 0.338 e. The zero-order chi connectivity index (χ0) is 92.4. The predicted molar refractivity (Wildman–Crippen MR) is 559 cm³/mol. The molecule has 32 N–H and O–H groups in total. The first-order chi connectivity index (χ1) is 55.9. The fourth-order valence-corrected chi connectivity index (χ4v) is 1040. The van der Waals surface area contributed by atoms with Crippen LogP contribution in [0.3, 0.4) is 0 Å². The molecule has 5 unspecified atom stereocenters. The van der Waals surface area contributed by atoms with Crippen LogP contribution >= 0.6 is 0 Å². The largest absolute Gasteiger partial charge is 0.462 e. The average Bonchev–Trinajstić information content (AvgIpc) is 0.620. The Labute approximate surface area is 775 Å². The highest BCUT2D eigenvalue weighted by Gasteiger charge is 3.05. The fraction of sp³-hybridized carbons (Fsp3) is 0.786. The summed E-state index contributed by atoms with van der Waals surface area (Å²) in [5.74, 6) is -0.868. The molecule has 0 aliphatic rings. The molecule has 119 heavy (non-hydrogen) atoms. The first-order valence-electron chi connectivity index (χ1n) is 35.8. The molecule has 712 valence electrons. The van der Waals surface area contributed by atoms with E-state index >= 15 is 4.80 Å². The molecule has 0 heterocycles. The van der Waals surface area contributed by atoms with E-state index in [0.717, 1.165) is 26.8 Å². The van der Waals surface area contributed by atoms with Gasteiger partial charge in [-0.1, -0.05) is 6.58 Å². The van der Waals surface area contributed by atoms with Crippen molar-refractivity contribution < 1.29 is 241 Å². The van der Waals surface area contributed by atoms with E-state index in [1.165, 1.54) is 26.6 Å². The number of ether oxygens (including phenoxy) is 1. The standard InChI is InChI=1S/C14H130O53Si52/c1-13(2)14(15)49-11-10-12-101(5,6)61-102(7,8)62-109(117(112(92-39,93-40)56-75-22,113(94-41,95-42)57-76-23)64-105(82-29,83-30)51-70-17,67-108(110(88-35,89-36)54-73-20,111(90-37,91-38)55-74-21)63-104(80-27,81-28)50-69-16)118(65-106(84-31,85-32)52-71-18,116(60-79-26,100(4)47)103(9,68)48-3)119(114(96-43,97-44)58-77-24,115(98-45,99-46)59-78-25)66-107(86-33,87-34)53-72-19/h16-47,100H,1,10-12,69-99H2,2-9,68H3. The summed E-state index contributed by atoms with van der Waals surface area (Å²) in [6.07, 6.45) is -0.162.